The molecule has 0 aromatic heterocycles. The smallest absolute Gasteiger partial charge is 0.0958 e. The van der Waals surface area contributed by atoms with Crippen molar-refractivity contribution in [1.82, 2.24) is 0 Å². The molecule has 196 valence electrons. The Morgan fingerprint density at radius 1 is 0.400 bits per heavy atom. The Morgan fingerprint density at radius 2 is 0.650 bits per heavy atom. The van der Waals surface area contributed by atoms with Crippen LogP contribution in [0.25, 0.3) is 30.0 Å². The average Bonchev–Trinajstić information content (AvgIpc) is 3.62. The first-order chi connectivity index (χ1) is 19.6. The largest absolute Gasteiger partial charge is 0.121 e. The van der Waals surface area contributed by atoms with Crippen LogP contribution in [-0.2, 0) is 0 Å². The lowest BCUT2D eigenvalue weighted by molar-refractivity contribution is 1.72. The van der Waals surface area contributed by atoms with E-state index >= 15 is 0 Å². The molecule has 3 aromatic carbocycles. The Balaban J connectivity index is 1.81. The summed E-state index contributed by atoms with van der Waals surface area (Å²) >= 11 is 14.1. The highest BCUT2D eigenvalue weighted by molar-refractivity contribution is 8.46. The van der Waals surface area contributed by atoms with Gasteiger partial charge in [-0.05, 0) is 49.3 Å². The summed E-state index contributed by atoms with van der Waals surface area (Å²) < 4.78 is 7.44. The molecule has 0 amide bonds. The molecule has 0 nitrogen and oxygen atoms in total. The highest BCUT2D eigenvalue weighted by atomic mass is 32.3. The molecule has 0 saturated heterocycles. The number of hydrogen-bond acceptors (Lipinski definition) is 8. The zero-order valence-electron chi connectivity index (χ0n) is 21.9. The summed E-state index contributed by atoms with van der Waals surface area (Å²) in [4.78, 5) is 0. The summed E-state index contributed by atoms with van der Waals surface area (Å²) in [5.74, 6) is 0. The van der Waals surface area contributed by atoms with Gasteiger partial charge in [-0.15, -0.1) is 47.0 Å². The molecule has 0 unspecified atom stereocenters. The molecular formula is C32H20S8. The van der Waals surface area contributed by atoms with Crippen LogP contribution in [0, 0.1) is 48.5 Å². The van der Waals surface area contributed by atoms with Gasteiger partial charge in [0, 0.05) is 21.5 Å². The normalized spacial score (nSPS) is 14.4. The van der Waals surface area contributed by atoms with Gasteiger partial charge in [0.25, 0.3) is 0 Å². The molecule has 0 atom stereocenters. The van der Waals surface area contributed by atoms with E-state index in [0.717, 1.165) is 40.5 Å². The molecule has 8 heteroatoms. The maximum atomic E-state index is 3.42. The van der Waals surface area contributed by atoms with Gasteiger partial charge in [0.2, 0.25) is 0 Å². The molecule has 0 spiro atoms. The van der Waals surface area contributed by atoms with Crippen LogP contribution >= 0.6 is 94.1 Å². The Labute approximate surface area is 271 Å². The van der Waals surface area contributed by atoms with Crippen LogP contribution in [0.15, 0.2) is 65.5 Å². The minimum atomic E-state index is 0.829. The SMILES string of the molecule is CSC1=C(SC)SC(=c2c#cc3ccccc3c#cc(=C3SC(SC)=C(SC)S3)c#cc3ccccc3c#c2)S1. The van der Waals surface area contributed by atoms with Gasteiger partial charge in [0.1, 0.15) is 0 Å². The van der Waals surface area contributed by atoms with Crippen molar-refractivity contribution in [2.24, 2.45) is 0 Å². The molecule has 2 aliphatic rings. The van der Waals surface area contributed by atoms with E-state index in [-0.39, 0.29) is 0 Å². The van der Waals surface area contributed by atoms with Crippen molar-refractivity contribution in [3.8, 4) is 0 Å². The van der Waals surface area contributed by atoms with E-state index < -0.39 is 0 Å². The highest BCUT2D eigenvalue weighted by Gasteiger charge is 2.21. The molecule has 0 saturated carbocycles. The lowest BCUT2D eigenvalue weighted by atomic mass is 10.2. The van der Waals surface area contributed by atoms with Crippen LogP contribution in [0.4, 0.5) is 0 Å². The number of rotatable bonds is 4. The van der Waals surface area contributed by atoms with Crippen molar-refractivity contribution in [3.63, 3.8) is 0 Å². The summed E-state index contributed by atoms with van der Waals surface area (Å²) in [5.41, 5.74) is 0. The molecule has 0 radical (unpaired) electrons. The third-order valence-corrected chi connectivity index (χ3v) is 15.8. The summed E-state index contributed by atoms with van der Waals surface area (Å²) in [6.07, 6.45) is 8.47. The molecule has 0 aliphatic carbocycles. The number of thioether (sulfide) groups is 8. The van der Waals surface area contributed by atoms with Crippen LogP contribution in [0.1, 0.15) is 0 Å². The topological polar surface area (TPSA) is 0 Å². The fourth-order valence-corrected chi connectivity index (χ4v) is 13.2. The molecule has 3 aromatic rings. The van der Waals surface area contributed by atoms with Crippen LogP contribution < -0.4 is 10.4 Å². The first kappa shape index (κ1) is 29.9. The van der Waals surface area contributed by atoms with Crippen LogP contribution in [0.3, 0.4) is 0 Å². The van der Waals surface area contributed by atoms with Gasteiger partial charge < -0.3 is 0 Å². The predicted octanol–water partition coefficient (Wildman–Crippen LogP) is 9.44. The Morgan fingerprint density at radius 3 is 0.875 bits per heavy atom. The van der Waals surface area contributed by atoms with E-state index in [2.05, 4.69) is 73.6 Å². The average molecular weight is 661 g/mol. The second-order valence-corrected chi connectivity index (χ2v) is 16.7. The zero-order chi connectivity index (χ0) is 27.9. The third kappa shape index (κ3) is 7.07. The van der Waals surface area contributed by atoms with Gasteiger partial charge in [-0.2, -0.15) is 0 Å². The van der Waals surface area contributed by atoms with Crippen molar-refractivity contribution in [2.75, 3.05) is 25.0 Å². The quantitative estimate of drug-likeness (QED) is 0.268. The van der Waals surface area contributed by atoms with Gasteiger partial charge >= 0.3 is 0 Å². The van der Waals surface area contributed by atoms with Crippen LogP contribution in [0.5, 0.6) is 0 Å². The minimum absolute atomic E-state index is 0.829. The van der Waals surface area contributed by atoms with E-state index in [0.29, 0.717) is 0 Å². The number of benzene rings is 2. The van der Waals surface area contributed by atoms with Crippen molar-refractivity contribution < 1.29 is 0 Å². The third-order valence-electron chi connectivity index (χ3n) is 5.37. The summed E-state index contributed by atoms with van der Waals surface area (Å²) in [6, 6.07) is 43.4. The Kier molecular flexibility index (Phi) is 10.9. The first-order valence-corrected chi connectivity index (χ1v) is 19.9. The second-order valence-electron chi connectivity index (χ2n) is 7.79. The van der Waals surface area contributed by atoms with Gasteiger partial charge in [-0.1, -0.05) is 120 Å². The van der Waals surface area contributed by atoms with Crippen LogP contribution in [-0.4, -0.2) is 25.0 Å². The lowest BCUT2D eigenvalue weighted by Gasteiger charge is -1.94. The predicted molar refractivity (Wildman–Crippen MR) is 192 cm³/mol. The fourth-order valence-electron chi connectivity index (χ4n) is 3.44. The molecule has 2 heterocycles. The molecule has 0 bridgehead atoms. The number of fused-ring (bicyclic) bond motifs is 2. The van der Waals surface area contributed by atoms with Gasteiger partial charge in [0.15, 0.2) is 0 Å². The fraction of sp³-hybridized carbons (Fsp3) is 0.125. The van der Waals surface area contributed by atoms with Gasteiger partial charge in [-0.3, -0.25) is 0 Å². The van der Waals surface area contributed by atoms with Crippen molar-refractivity contribution in [1.29, 1.82) is 0 Å². The standard InChI is InChI=1S/C32H20S8/c1-33-29-30(34-2)38-27(37-29)25-17-13-21-9-5-7-11-23(21)15-19-26(28-39-31(35-3)32(36-4)40-28)20-16-24-12-8-6-10-22(24)14-18-25/h5-12H,1-4H3. The van der Waals surface area contributed by atoms with E-state index in [4.69, 9.17) is 0 Å². The van der Waals surface area contributed by atoms with E-state index in [1.807, 2.05) is 48.5 Å². The van der Waals surface area contributed by atoms with Gasteiger partial charge in [-0.25, -0.2) is 0 Å². The zero-order valence-corrected chi connectivity index (χ0v) is 28.4. The van der Waals surface area contributed by atoms with E-state index in [9.17, 15) is 0 Å². The van der Waals surface area contributed by atoms with Gasteiger partial charge in [0.05, 0.1) is 35.9 Å². The van der Waals surface area contributed by atoms with Crippen molar-refractivity contribution in [2.45, 2.75) is 0 Å². The summed E-state index contributed by atoms with van der Waals surface area (Å²) in [7, 11) is 0. The second kappa shape index (κ2) is 14.6. The molecule has 5 rings (SSSR count). The monoisotopic (exact) mass is 660 g/mol. The molecule has 2 aliphatic heterocycles. The maximum Gasteiger partial charge on any atom is 0.0958 e. The summed E-state index contributed by atoms with van der Waals surface area (Å²) in [5, 5.41) is 5.21. The highest BCUT2D eigenvalue weighted by Crippen LogP contribution is 2.57. The first-order valence-electron chi connectivity index (χ1n) is 11.7. The Bertz CT molecular complexity index is 1500. The molecule has 0 N–H and O–H groups in total. The van der Waals surface area contributed by atoms with Crippen LogP contribution in [0.2, 0.25) is 0 Å². The van der Waals surface area contributed by atoms with E-state index in [1.54, 1.807) is 94.1 Å². The van der Waals surface area contributed by atoms with Crippen molar-refractivity contribution in [3.05, 3.63) is 124 Å². The Hall–Kier alpha value is -1.56. The molecule has 40 heavy (non-hydrogen) atoms. The lowest BCUT2D eigenvalue weighted by Crippen LogP contribution is -1.95. The summed E-state index contributed by atoms with van der Waals surface area (Å²) in [6.45, 7) is 0. The minimum Gasteiger partial charge on any atom is -0.121 e. The number of hydrogen-bond donors (Lipinski definition) is 0. The maximum absolute atomic E-state index is 3.42. The molecule has 0 fully saturated rings. The van der Waals surface area contributed by atoms with E-state index in [1.165, 1.54) is 16.9 Å². The van der Waals surface area contributed by atoms with Crippen molar-refractivity contribution >= 4 is 124 Å². The molecular weight excluding hydrogens is 641 g/mol.